The standard InChI is InChI=1S/C11H23N.CHF3O3S/c1-3-7-11-8-5-6-10-12(11)9-4-2;2-1(3,4)8(5,6)7/h11H,3-10H2,1-2H3;(H,5,6,7). The number of likely N-dealkylation sites (tertiary alicyclic amines) is 1. The molecule has 1 saturated heterocycles. The molecule has 0 aromatic rings. The summed E-state index contributed by atoms with van der Waals surface area (Å²) in [5.74, 6) is 0. The zero-order valence-corrected chi connectivity index (χ0v) is 12.8. The number of halogens is 3. The van der Waals surface area contributed by atoms with Crippen LogP contribution in [0.15, 0.2) is 0 Å². The molecule has 0 aromatic carbocycles. The van der Waals surface area contributed by atoms with Crippen molar-refractivity contribution >= 4 is 10.1 Å². The zero-order chi connectivity index (χ0) is 15.8. The topological polar surface area (TPSA) is 61.6 Å². The van der Waals surface area contributed by atoms with Crippen LogP contribution in [0, 0.1) is 0 Å². The predicted octanol–water partition coefficient (Wildman–Crippen LogP) is 1.69. The molecule has 0 bridgehead atoms. The number of alkyl halides is 3. The van der Waals surface area contributed by atoms with Gasteiger partial charge in [-0.25, -0.2) is 8.42 Å². The van der Waals surface area contributed by atoms with Gasteiger partial charge in [-0.3, -0.25) is 0 Å². The minimum absolute atomic E-state index is 1.00. The first-order valence-electron chi connectivity index (χ1n) is 7.00. The zero-order valence-electron chi connectivity index (χ0n) is 12.0. The molecule has 0 radical (unpaired) electrons. The Hall–Kier alpha value is -0.340. The highest BCUT2D eigenvalue weighted by Crippen LogP contribution is 2.20. The van der Waals surface area contributed by atoms with Crippen LogP contribution in [0.5, 0.6) is 0 Å². The van der Waals surface area contributed by atoms with Crippen LogP contribution < -0.4 is 4.90 Å². The summed E-state index contributed by atoms with van der Waals surface area (Å²) in [7, 11) is -6.09. The van der Waals surface area contributed by atoms with Gasteiger partial charge in [0.25, 0.3) is 0 Å². The van der Waals surface area contributed by atoms with Crippen LogP contribution in [0.3, 0.4) is 0 Å². The summed E-state index contributed by atoms with van der Waals surface area (Å²) in [5, 5.41) is 0. The second kappa shape index (κ2) is 8.84. The lowest BCUT2D eigenvalue weighted by Crippen LogP contribution is -3.16. The monoisotopic (exact) mass is 319 g/mol. The third-order valence-corrected chi connectivity index (χ3v) is 3.94. The van der Waals surface area contributed by atoms with Gasteiger partial charge in [0.05, 0.1) is 19.1 Å². The normalized spacial score (nSPS) is 23.9. The lowest BCUT2D eigenvalue weighted by Gasteiger charge is -2.32. The molecule has 0 saturated carbocycles. The van der Waals surface area contributed by atoms with E-state index in [0.29, 0.717) is 0 Å². The lowest BCUT2D eigenvalue weighted by molar-refractivity contribution is -0.931. The first-order chi connectivity index (χ1) is 9.13. The number of hydrogen-bond acceptors (Lipinski definition) is 3. The summed E-state index contributed by atoms with van der Waals surface area (Å²) in [4.78, 5) is 1.89. The molecular weight excluding hydrogens is 295 g/mol. The van der Waals surface area contributed by atoms with Gasteiger partial charge in [0, 0.05) is 0 Å². The van der Waals surface area contributed by atoms with Crippen molar-refractivity contribution in [3.8, 4) is 0 Å². The highest BCUT2D eigenvalue weighted by molar-refractivity contribution is 7.86. The fourth-order valence-corrected chi connectivity index (χ4v) is 2.50. The molecule has 0 aromatic heterocycles. The molecule has 4 nitrogen and oxygen atoms in total. The number of nitrogens with one attached hydrogen (secondary N) is 1. The van der Waals surface area contributed by atoms with Gasteiger partial charge in [-0.2, -0.15) is 13.2 Å². The second-order valence-corrected chi connectivity index (χ2v) is 6.41. The number of quaternary nitrogens is 1. The predicted molar refractivity (Wildman–Crippen MR) is 69.3 cm³/mol. The van der Waals surface area contributed by atoms with E-state index in [1.54, 1.807) is 0 Å². The van der Waals surface area contributed by atoms with Crippen molar-refractivity contribution in [3.63, 3.8) is 0 Å². The number of rotatable bonds is 4. The van der Waals surface area contributed by atoms with Crippen molar-refractivity contribution in [1.82, 2.24) is 0 Å². The van der Waals surface area contributed by atoms with Crippen molar-refractivity contribution in [2.24, 2.45) is 0 Å². The Morgan fingerprint density at radius 1 is 1.20 bits per heavy atom. The van der Waals surface area contributed by atoms with Gasteiger partial charge >= 0.3 is 5.51 Å². The van der Waals surface area contributed by atoms with Crippen molar-refractivity contribution in [3.05, 3.63) is 0 Å². The molecular formula is C12H24F3NO3S. The summed E-state index contributed by atoms with van der Waals surface area (Å²) in [5.41, 5.74) is -5.65. The molecule has 2 atom stereocenters. The van der Waals surface area contributed by atoms with E-state index in [1.165, 1.54) is 51.6 Å². The number of hydrogen-bond donors (Lipinski definition) is 1. The van der Waals surface area contributed by atoms with E-state index in [1.807, 2.05) is 4.90 Å². The lowest BCUT2D eigenvalue weighted by atomic mass is 9.98. The molecule has 2 unspecified atom stereocenters. The molecule has 0 amide bonds. The maximum atomic E-state index is 10.7. The van der Waals surface area contributed by atoms with E-state index < -0.39 is 15.6 Å². The van der Waals surface area contributed by atoms with Gasteiger partial charge in [0.15, 0.2) is 10.1 Å². The quantitative estimate of drug-likeness (QED) is 0.633. The molecule has 0 aliphatic carbocycles. The first kappa shape index (κ1) is 19.7. The molecule has 20 heavy (non-hydrogen) atoms. The third-order valence-electron chi connectivity index (χ3n) is 3.37. The minimum Gasteiger partial charge on any atom is -0.741 e. The summed E-state index contributed by atoms with van der Waals surface area (Å²) in [6.45, 7) is 7.48. The van der Waals surface area contributed by atoms with E-state index in [2.05, 4.69) is 13.8 Å². The fraction of sp³-hybridized carbons (Fsp3) is 1.00. The Balaban J connectivity index is 0.000000396. The smallest absolute Gasteiger partial charge is 0.485 e. The molecule has 0 spiro atoms. The Morgan fingerprint density at radius 3 is 2.15 bits per heavy atom. The van der Waals surface area contributed by atoms with E-state index in [4.69, 9.17) is 13.0 Å². The molecule has 1 rings (SSSR count). The van der Waals surface area contributed by atoms with Gasteiger partial charge < -0.3 is 9.45 Å². The van der Waals surface area contributed by atoms with Crippen molar-refractivity contribution in [2.45, 2.75) is 63.9 Å². The molecule has 1 aliphatic rings. The van der Waals surface area contributed by atoms with Crippen LogP contribution in [-0.2, 0) is 10.1 Å². The van der Waals surface area contributed by atoms with Crippen molar-refractivity contribution < 1.29 is 31.0 Å². The van der Waals surface area contributed by atoms with Gasteiger partial charge in [0.2, 0.25) is 0 Å². The van der Waals surface area contributed by atoms with E-state index in [0.717, 1.165) is 6.04 Å². The summed E-state index contributed by atoms with van der Waals surface area (Å²) >= 11 is 0. The summed E-state index contributed by atoms with van der Waals surface area (Å²) < 4.78 is 58.9. The molecule has 1 fully saturated rings. The summed E-state index contributed by atoms with van der Waals surface area (Å²) in [6.07, 6.45) is 8.62. The van der Waals surface area contributed by atoms with Gasteiger partial charge in [-0.1, -0.05) is 20.3 Å². The highest BCUT2D eigenvalue weighted by atomic mass is 32.2. The van der Waals surface area contributed by atoms with Gasteiger partial charge in [-0.05, 0) is 32.1 Å². The average Bonchev–Trinajstić information content (AvgIpc) is 2.30. The molecule has 1 aliphatic heterocycles. The molecule has 1 N–H and O–H groups in total. The van der Waals surface area contributed by atoms with Gasteiger partial charge in [0.1, 0.15) is 0 Å². The van der Waals surface area contributed by atoms with Crippen molar-refractivity contribution in [1.29, 1.82) is 0 Å². The third kappa shape index (κ3) is 7.44. The fourth-order valence-electron chi connectivity index (χ4n) is 2.50. The highest BCUT2D eigenvalue weighted by Gasteiger charge is 2.36. The molecule has 8 heteroatoms. The summed E-state index contributed by atoms with van der Waals surface area (Å²) in [6, 6.07) is 1.00. The van der Waals surface area contributed by atoms with Crippen LogP contribution in [-0.4, -0.2) is 37.6 Å². The minimum atomic E-state index is -6.09. The van der Waals surface area contributed by atoms with Crippen LogP contribution in [0.25, 0.3) is 0 Å². The first-order valence-corrected chi connectivity index (χ1v) is 8.41. The maximum absolute atomic E-state index is 10.7. The molecule has 122 valence electrons. The van der Waals surface area contributed by atoms with E-state index in [-0.39, 0.29) is 0 Å². The number of piperidine rings is 1. The molecule has 1 heterocycles. The van der Waals surface area contributed by atoms with Crippen LogP contribution in [0.4, 0.5) is 13.2 Å². The van der Waals surface area contributed by atoms with Crippen LogP contribution in [0.1, 0.15) is 52.4 Å². The van der Waals surface area contributed by atoms with Crippen LogP contribution >= 0.6 is 0 Å². The Labute approximate surface area is 119 Å². The largest absolute Gasteiger partial charge is 0.741 e. The average molecular weight is 319 g/mol. The SMILES string of the molecule is CCCC1CCCC[NH+]1CCC.O=S(=O)([O-])C(F)(F)F. The van der Waals surface area contributed by atoms with E-state index in [9.17, 15) is 13.2 Å². The second-order valence-electron chi connectivity index (χ2n) is 5.04. The van der Waals surface area contributed by atoms with Crippen molar-refractivity contribution in [2.75, 3.05) is 13.1 Å². The maximum Gasteiger partial charge on any atom is 0.485 e. The van der Waals surface area contributed by atoms with Gasteiger partial charge in [-0.15, -0.1) is 0 Å². The van der Waals surface area contributed by atoms with Crippen LogP contribution in [0.2, 0.25) is 0 Å². The Morgan fingerprint density at radius 2 is 1.75 bits per heavy atom. The Bertz CT molecular complexity index is 339. The van der Waals surface area contributed by atoms with E-state index >= 15 is 0 Å². The Kier molecular flexibility index (Phi) is 8.69.